The molecule has 1 aromatic carbocycles. The van der Waals surface area contributed by atoms with E-state index in [0.717, 1.165) is 23.4 Å². The molecule has 5 nitrogen and oxygen atoms in total. The highest BCUT2D eigenvalue weighted by molar-refractivity contribution is 8.00. The Balaban J connectivity index is 1.78. The van der Waals surface area contributed by atoms with Crippen LogP contribution in [0.4, 0.5) is 0 Å². The monoisotopic (exact) mass is 368 g/mol. The van der Waals surface area contributed by atoms with Gasteiger partial charge in [0.2, 0.25) is 10.0 Å². The number of aryl methyl sites for hydroxylation is 1. The topological polar surface area (TPSA) is 57.7 Å². The molecule has 3 rings (SSSR count). The summed E-state index contributed by atoms with van der Waals surface area (Å²) in [6, 6.07) is 7.69. The highest BCUT2D eigenvalue weighted by Gasteiger charge is 2.47. The van der Waals surface area contributed by atoms with Crippen LogP contribution in [0.5, 0.6) is 0 Å². The van der Waals surface area contributed by atoms with Crippen molar-refractivity contribution in [2.45, 2.75) is 31.6 Å². The van der Waals surface area contributed by atoms with E-state index in [0.29, 0.717) is 25.9 Å². The second-order valence-electron chi connectivity index (χ2n) is 6.42. The Morgan fingerprint density at radius 1 is 1.25 bits per heavy atom. The van der Waals surface area contributed by atoms with Crippen molar-refractivity contribution in [3.8, 4) is 0 Å². The van der Waals surface area contributed by atoms with Crippen LogP contribution in [0.3, 0.4) is 0 Å². The van der Waals surface area contributed by atoms with Gasteiger partial charge in [0, 0.05) is 31.0 Å². The fourth-order valence-corrected chi connectivity index (χ4v) is 6.10. The highest BCUT2D eigenvalue weighted by Crippen LogP contribution is 2.44. The van der Waals surface area contributed by atoms with Crippen molar-refractivity contribution in [1.82, 2.24) is 9.21 Å². The van der Waals surface area contributed by atoms with Gasteiger partial charge in [0.1, 0.15) is 0 Å². The van der Waals surface area contributed by atoms with Crippen molar-refractivity contribution in [2.75, 3.05) is 31.1 Å². The van der Waals surface area contributed by atoms with Crippen LogP contribution in [0.2, 0.25) is 0 Å². The number of piperidine rings is 1. The molecule has 0 bridgehead atoms. The van der Waals surface area contributed by atoms with E-state index >= 15 is 0 Å². The Labute approximate surface area is 148 Å². The Hall–Kier alpha value is -1.05. The third kappa shape index (κ3) is 3.21. The molecule has 0 atom stereocenters. The summed E-state index contributed by atoms with van der Waals surface area (Å²) in [5, 5.41) is 0. The number of hydrogen-bond donors (Lipinski definition) is 0. The largest absolute Gasteiger partial charge is 0.323 e. The molecule has 2 heterocycles. The van der Waals surface area contributed by atoms with Crippen LogP contribution in [-0.4, -0.2) is 59.5 Å². The molecule has 2 saturated heterocycles. The molecule has 2 fully saturated rings. The predicted octanol–water partition coefficient (Wildman–Crippen LogP) is 2.33. The molecule has 0 aliphatic carbocycles. The third-order valence-electron chi connectivity index (χ3n) is 4.95. The molecule has 0 N–H and O–H groups in total. The van der Waals surface area contributed by atoms with Gasteiger partial charge in [-0.15, -0.1) is 11.8 Å². The summed E-state index contributed by atoms with van der Waals surface area (Å²) in [4.78, 5) is 14.7. The lowest BCUT2D eigenvalue weighted by atomic mass is 10.0. The number of hydrogen-bond acceptors (Lipinski definition) is 4. The normalized spacial score (nSPS) is 21.3. The predicted molar refractivity (Wildman–Crippen MR) is 97.7 cm³/mol. The smallest absolute Gasteiger partial charge is 0.255 e. The minimum atomic E-state index is -3.14. The van der Waals surface area contributed by atoms with Gasteiger partial charge in [-0.3, -0.25) is 4.79 Å². The van der Waals surface area contributed by atoms with Crippen LogP contribution in [0.25, 0.3) is 0 Å². The summed E-state index contributed by atoms with van der Waals surface area (Å²) >= 11 is 1.80. The minimum absolute atomic E-state index is 0.0653. The van der Waals surface area contributed by atoms with Gasteiger partial charge >= 0.3 is 0 Å². The lowest BCUT2D eigenvalue weighted by Crippen LogP contribution is -2.53. The third-order valence-corrected chi connectivity index (χ3v) is 8.38. The fourth-order valence-electron chi connectivity index (χ4n) is 3.54. The van der Waals surface area contributed by atoms with Crippen LogP contribution in [-0.2, 0) is 10.0 Å². The van der Waals surface area contributed by atoms with Crippen LogP contribution < -0.4 is 0 Å². The fraction of sp³-hybridized carbons (Fsp3) is 0.588. The first-order chi connectivity index (χ1) is 11.4. The maximum absolute atomic E-state index is 13.0. The molecule has 24 heavy (non-hydrogen) atoms. The van der Waals surface area contributed by atoms with E-state index in [1.54, 1.807) is 23.0 Å². The number of benzene rings is 1. The van der Waals surface area contributed by atoms with Crippen LogP contribution in [0.1, 0.15) is 35.7 Å². The average molecular weight is 369 g/mol. The molecule has 2 aliphatic rings. The van der Waals surface area contributed by atoms with Gasteiger partial charge in [-0.1, -0.05) is 17.7 Å². The van der Waals surface area contributed by atoms with Crippen molar-refractivity contribution in [3.63, 3.8) is 0 Å². The summed E-state index contributed by atoms with van der Waals surface area (Å²) in [7, 11) is -3.14. The molecule has 0 unspecified atom stereocenters. The first-order valence-corrected chi connectivity index (χ1v) is 11.0. The molecule has 0 aromatic heterocycles. The molecule has 0 saturated carbocycles. The molecule has 7 heteroatoms. The van der Waals surface area contributed by atoms with Crippen LogP contribution >= 0.6 is 11.8 Å². The molecule has 132 valence electrons. The summed E-state index contributed by atoms with van der Waals surface area (Å²) in [5.74, 6) is 1.12. The lowest BCUT2D eigenvalue weighted by Gasteiger charge is -2.43. The lowest BCUT2D eigenvalue weighted by molar-refractivity contribution is 0.0605. The van der Waals surface area contributed by atoms with Gasteiger partial charge < -0.3 is 4.90 Å². The van der Waals surface area contributed by atoms with Crippen molar-refractivity contribution in [1.29, 1.82) is 0 Å². The maximum Gasteiger partial charge on any atom is 0.255 e. The quantitative estimate of drug-likeness (QED) is 0.822. The Morgan fingerprint density at radius 2 is 1.96 bits per heavy atom. The minimum Gasteiger partial charge on any atom is -0.323 e. The molecular weight excluding hydrogens is 344 g/mol. The molecule has 2 aliphatic heterocycles. The van der Waals surface area contributed by atoms with E-state index in [9.17, 15) is 13.2 Å². The standard InChI is InChI=1S/C17H24N2O3S2/c1-3-24(21,22)18-9-7-17(8-10-18)19(11-12-23-17)16(20)15-6-4-5-14(2)13-15/h4-6,13H,3,7-12H2,1-2H3. The van der Waals surface area contributed by atoms with Crippen molar-refractivity contribution < 1.29 is 13.2 Å². The zero-order valence-electron chi connectivity index (χ0n) is 14.2. The number of nitrogens with zero attached hydrogens (tertiary/aromatic N) is 2. The molecule has 1 amide bonds. The van der Waals surface area contributed by atoms with E-state index in [2.05, 4.69) is 0 Å². The van der Waals surface area contributed by atoms with Crippen LogP contribution in [0.15, 0.2) is 24.3 Å². The number of amides is 1. The summed E-state index contributed by atoms with van der Waals surface area (Å²) in [6.07, 6.45) is 1.41. The van der Waals surface area contributed by atoms with Gasteiger partial charge in [-0.25, -0.2) is 12.7 Å². The van der Waals surface area contributed by atoms with Crippen molar-refractivity contribution in [2.24, 2.45) is 0 Å². The summed E-state index contributed by atoms with van der Waals surface area (Å²) in [5.41, 5.74) is 1.80. The number of carbonyl (C=O) groups excluding carboxylic acids is 1. The molecule has 1 aromatic rings. The van der Waals surface area contributed by atoms with Gasteiger partial charge in [0.25, 0.3) is 5.91 Å². The van der Waals surface area contributed by atoms with E-state index < -0.39 is 10.0 Å². The molecule has 0 radical (unpaired) electrons. The van der Waals surface area contributed by atoms with Crippen molar-refractivity contribution >= 4 is 27.7 Å². The van der Waals surface area contributed by atoms with E-state index in [1.807, 2.05) is 36.1 Å². The second-order valence-corrected chi connectivity index (χ2v) is 10.1. The number of thioether (sulfide) groups is 1. The number of rotatable bonds is 3. The Bertz CT molecular complexity index is 725. The van der Waals surface area contributed by atoms with E-state index in [-0.39, 0.29) is 16.5 Å². The SMILES string of the molecule is CCS(=O)(=O)N1CCC2(CC1)SCCN2C(=O)c1cccc(C)c1. The zero-order chi connectivity index (χ0) is 17.4. The highest BCUT2D eigenvalue weighted by atomic mass is 32.2. The summed E-state index contributed by atoms with van der Waals surface area (Å²) in [6.45, 7) is 5.40. The van der Waals surface area contributed by atoms with Gasteiger partial charge in [0.15, 0.2) is 0 Å². The van der Waals surface area contributed by atoms with Gasteiger partial charge in [0.05, 0.1) is 10.6 Å². The van der Waals surface area contributed by atoms with Crippen LogP contribution in [0, 0.1) is 6.92 Å². The van der Waals surface area contributed by atoms with Gasteiger partial charge in [-0.05, 0) is 38.8 Å². The van der Waals surface area contributed by atoms with E-state index in [1.165, 1.54) is 0 Å². The average Bonchev–Trinajstić information content (AvgIpc) is 2.97. The number of sulfonamides is 1. The van der Waals surface area contributed by atoms with Crippen molar-refractivity contribution in [3.05, 3.63) is 35.4 Å². The van der Waals surface area contributed by atoms with Gasteiger partial charge in [-0.2, -0.15) is 0 Å². The first-order valence-electron chi connectivity index (χ1n) is 8.38. The molecule has 1 spiro atoms. The zero-order valence-corrected chi connectivity index (χ0v) is 15.8. The van der Waals surface area contributed by atoms with E-state index in [4.69, 9.17) is 0 Å². The molecular formula is C17H24N2O3S2. The Kier molecular flexibility index (Phi) is 4.95. The summed E-state index contributed by atoms with van der Waals surface area (Å²) < 4.78 is 25.7. The number of carbonyl (C=O) groups is 1. The first kappa shape index (κ1) is 17.8. The Morgan fingerprint density at radius 3 is 2.58 bits per heavy atom. The maximum atomic E-state index is 13.0. The second kappa shape index (κ2) is 6.69.